The maximum atomic E-state index is 5.39. The highest BCUT2D eigenvalue weighted by Crippen LogP contribution is 2.33. The Kier molecular flexibility index (Phi) is 2.71. The number of hydrogen-bond acceptors (Lipinski definition) is 4. The SMILES string of the molecule is CC(c1nc(CN)no1)C(C)(C)C. The molecule has 1 heterocycles. The van der Waals surface area contributed by atoms with Crippen LogP contribution in [0.2, 0.25) is 0 Å². The quantitative estimate of drug-likeness (QED) is 0.757. The van der Waals surface area contributed by atoms with Gasteiger partial charge in [-0.3, -0.25) is 0 Å². The zero-order valence-electron chi connectivity index (χ0n) is 8.66. The highest BCUT2D eigenvalue weighted by molar-refractivity contribution is 4.96. The first-order chi connectivity index (χ1) is 5.95. The zero-order valence-corrected chi connectivity index (χ0v) is 8.66. The van der Waals surface area contributed by atoms with E-state index in [1.54, 1.807) is 0 Å². The second-order valence-corrected chi connectivity index (χ2v) is 4.34. The van der Waals surface area contributed by atoms with Gasteiger partial charge in [-0.05, 0) is 5.41 Å². The molecule has 1 aromatic rings. The third-order valence-corrected chi connectivity index (χ3v) is 2.34. The molecule has 13 heavy (non-hydrogen) atoms. The van der Waals surface area contributed by atoms with E-state index in [2.05, 4.69) is 37.8 Å². The first-order valence-electron chi connectivity index (χ1n) is 4.47. The fraction of sp³-hybridized carbons (Fsp3) is 0.778. The van der Waals surface area contributed by atoms with Crippen LogP contribution in [0, 0.1) is 5.41 Å². The third-order valence-electron chi connectivity index (χ3n) is 2.34. The van der Waals surface area contributed by atoms with Crippen LogP contribution in [-0.4, -0.2) is 10.1 Å². The zero-order chi connectivity index (χ0) is 10.1. The lowest BCUT2D eigenvalue weighted by Gasteiger charge is -2.23. The van der Waals surface area contributed by atoms with E-state index in [0.29, 0.717) is 18.3 Å². The molecule has 0 saturated heterocycles. The molecule has 0 aliphatic carbocycles. The Bertz CT molecular complexity index is 275. The minimum Gasteiger partial charge on any atom is -0.339 e. The molecule has 0 aliphatic heterocycles. The summed E-state index contributed by atoms with van der Waals surface area (Å²) >= 11 is 0. The van der Waals surface area contributed by atoms with Crippen molar-refractivity contribution in [3.63, 3.8) is 0 Å². The predicted octanol–water partition coefficient (Wildman–Crippen LogP) is 1.68. The standard InChI is InChI=1S/C9H17N3O/c1-6(9(2,3)4)8-11-7(5-10)12-13-8/h6H,5,10H2,1-4H3. The summed E-state index contributed by atoms with van der Waals surface area (Å²) in [5.41, 5.74) is 5.52. The fourth-order valence-electron chi connectivity index (χ4n) is 0.897. The van der Waals surface area contributed by atoms with Gasteiger partial charge in [0.15, 0.2) is 5.82 Å². The summed E-state index contributed by atoms with van der Waals surface area (Å²) in [7, 11) is 0. The normalized spacial score (nSPS) is 14.5. The molecule has 2 N–H and O–H groups in total. The van der Waals surface area contributed by atoms with Crippen LogP contribution in [0.5, 0.6) is 0 Å². The molecular weight excluding hydrogens is 166 g/mol. The monoisotopic (exact) mass is 183 g/mol. The topological polar surface area (TPSA) is 64.9 Å². The maximum Gasteiger partial charge on any atom is 0.230 e. The highest BCUT2D eigenvalue weighted by atomic mass is 16.5. The lowest BCUT2D eigenvalue weighted by atomic mass is 9.82. The van der Waals surface area contributed by atoms with Gasteiger partial charge in [0, 0.05) is 5.92 Å². The molecule has 0 fully saturated rings. The van der Waals surface area contributed by atoms with Gasteiger partial charge < -0.3 is 10.3 Å². The van der Waals surface area contributed by atoms with Gasteiger partial charge in [0.05, 0.1) is 6.54 Å². The molecule has 0 spiro atoms. The maximum absolute atomic E-state index is 5.39. The van der Waals surface area contributed by atoms with Crippen LogP contribution in [-0.2, 0) is 6.54 Å². The summed E-state index contributed by atoms with van der Waals surface area (Å²) in [4.78, 5) is 4.19. The first kappa shape index (κ1) is 10.2. The lowest BCUT2D eigenvalue weighted by molar-refractivity contribution is 0.261. The highest BCUT2D eigenvalue weighted by Gasteiger charge is 2.26. The third kappa shape index (κ3) is 2.28. The number of nitrogens with two attached hydrogens (primary N) is 1. The molecule has 1 unspecified atom stereocenters. The van der Waals surface area contributed by atoms with E-state index in [-0.39, 0.29) is 11.3 Å². The van der Waals surface area contributed by atoms with Crippen LogP contribution < -0.4 is 5.73 Å². The molecule has 4 heteroatoms. The van der Waals surface area contributed by atoms with E-state index < -0.39 is 0 Å². The Hall–Kier alpha value is -0.900. The average molecular weight is 183 g/mol. The van der Waals surface area contributed by atoms with Crippen molar-refractivity contribution in [1.82, 2.24) is 10.1 Å². The molecular formula is C9H17N3O. The van der Waals surface area contributed by atoms with Gasteiger partial charge in [0.1, 0.15) is 0 Å². The minimum atomic E-state index is 0.137. The molecule has 0 aliphatic rings. The molecule has 0 amide bonds. The van der Waals surface area contributed by atoms with Crippen LogP contribution in [0.15, 0.2) is 4.52 Å². The largest absolute Gasteiger partial charge is 0.339 e. The summed E-state index contributed by atoms with van der Waals surface area (Å²) in [6.07, 6.45) is 0. The van der Waals surface area contributed by atoms with Crippen molar-refractivity contribution in [1.29, 1.82) is 0 Å². The van der Waals surface area contributed by atoms with Gasteiger partial charge in [0.2, 0.25) is 5.89 Å². The smallest absolute Gasteiger partial charge is 0.230 e. The van der Waals surface area contributed by atoms with E-state index in [1.807, 2.05) is 0 Å². The predicted molar refractivity (Wildman–Crippen MR) is 50.1 cm³/mol. The van der Waals surface area contributed by atoms with Gasteiger partial charge in [-0.2, -0.15) is 4.98 Å². The Morgan fingerprint density at radius 1 is 1.46 bits per heavy atom. The summed E-state index contributed by atoms with van der Waals surface area (Å²) in [6.45, 7) is 8.84. The summed E-state index contributed by atoms with van der Waals surface area (Å²) in [5.74, 6) is 1.50. The van der Waals surface area contributed by atoms with Gasteiger partial charge in [-0.15, -0.1) is 0 Å². The van der Waals surface area contributed by atoms with Crippen molar-refractivity contribution < 1.29 is 4.52 Å². The van der Waals surface area contributed by atoms with Crippen molar-refractivity contribution >= 4 is 0 Å². The van der Waals surface area contributed by atoms with E-state index in [1.165, 1.54) is 0 Å². The van der Waals surface area contributed by atoms with Crippen molar-refractivity contribution in [2.75, 3.05) is 0 Å². The van der Waals surface area contributed by atoms with Crippen LogP contribution in [0.4, 0.5) is 0 Å². The Balaban J connectivity index is 2.83. The molecule has 0 bridgehead atoms. The van der Waals surface area contributed by atoms with Gasteiger partial charge in [-0.25, -0.2) is 0 Å². The number of hydrogen-bond donors (Lipinski definition) is 1. The molecule has 0 saturated carbocycles. The fourth-order valence-corrected chi connectivity index (χ4v) is 0.897. The number of rotatable bonds is 2. The molecule has 1 rings (SSSR count). The number of aromatic nitrogens is 2. The van der Waals surface area contributed by atoms with Gasteiger partial charge in [-0.1, -0.05) is 32.9 Å². The van der Waals surface area contributed by atoms with Gasteiger partial charge in [0.25, 0.3) is 0 Å². The van der Waals surface area contributed by atoms with Crippen LogP contribution in [0.3, 0.4) is 0 Å². The van der Waals surface area contributed by atoms with Crippen LogP contribution >= 0.6 is 0 Å². The van der Waals surface area contributed by atoms with E-state index >= 15 is 0 Å². The summed E-state index contributed by atoms with van der Waals surface area (Å²) in [6, 6.07) is 0. The summed E-state index contributed by atoms with van der Waals surface area (Å²) in [5, 5.41) is 3.76. The van der Waals surface area contributed by atoms with E-state index in [0.717, 1.165) is 0 Å². The van der Waals surface area contributed by atoms with E-state index in [9.17, 15) is 0 Å². The van der Waals surface area contributed by atoms with Crippen molar-refractivity contribution in [2.24, 2.45) is 11.1 Å². The molecule has 74 valence electrons. The van der Waals surface area contributed by atoms with Gasteiger partial charge >= 0.3 is 0 Å². The average Bonchev–Trinajstić information content (AvgIpc) is 2.48. The Morgan fingerprint density at radius 3 is 2.46 bits per heavy atom. The Labute approximate surface area is 78.5 Å². The van der Waals surface area contributed by atoms with Crippen molar-refractivity contribution in [2.45, 2.75) is 40.2 Å². The van der Waals surface area contributed by atoms with Crippen molar-refractivity contribution in [3.8, 4) is 0 Å². The summed E-state index contributed by atoms with van der Waals surface area (Å²) < 4.78 is 5.10. The van der Waals surface area contributed by atoms with E-state index in [4.69, 9.17) is 10.3 Å². The van der Waals surface area contributed by atoms with Crippen LogP contribution in [0.25, 0.3) is 0 Å². The second kappa shape index (κ2) is 3.46. The number of nitrogens with zero attached hydrogens (tertiary/aromatic N) is 2. The molecule has 0 aromatic carbocycles. The first-order valence-corrected chi connectivity index (χ1v) is 4.47. The molecule has 1 atom stereocenters. The molecule has 0 radical (unpaired) electrons. The lowest BCUT2D eigenvalue weighted by Crippen LogP contribution is -2.15. The Morgan fingerprint density at radius 2 is 2.08 bits per heavy atom. The molecule has 1 aromatic heterocycles. The second-order valence-electron chi connectivity index (χ2n) is 4.34. The molecule has 4 nitrogen and oxygen atoms in total. The minimum absolute atomic E-state index is 0.137. The van der Waals surface area contributed by atoms with Crippen LogP contribution in [0.1, 0.15) is 45.3 Å². The van der Waals surface area contributed by atoms with Crippen molar-refractivity contribution in [3.05, 3.63) is 11.7 Å².